The molecule has 0 spiro atoms. The van der Waals surface area contributed by atoms with Crippen LogP contribution >= 0.6 is 0 Å². The molecule has 2 aliphatic rings. The summed E-state index contributed by atoms with van der Waals surface area (Å²) < 4.78 is 12.2. The Hall–Kier alpha value is -4.18. The molecule has 4 heterocycles. The zero-order chi connectivity index (χ0) is 25.6. The predicted molar refractivity (Wildman–Crippen MR) is 134 cm³/mol. The molecule has 0 radical (unpaired) electrons. The van der Waals surface area contributed by atoms with Crippen LogP contribution in [0.5, 0.6) is 11.5 Å². The third-order valence-corrected chi connectivity index (χ3v) is 6.45. The first kappa shape index (κ1) is 24.5. The number of nitrogens with zero attached hydrogens (tertiary/aromatic N) is 2. The van der Waals surface area contributed by atoms with Crippen molar-refractivity contribution in [1.29, 1.82) is 0 Å². The summed E-state index contributed by atoms with van der Waals surface area (Å²) in [6.45, 7) is 1.52. The maximum Gasteiger partial charge on any atom is 0.270 e. The molecule has 1 fully saturated rings. The predicted octanol–water partition coefficient (Wildman–Crippen LogP) is 2.64. The average molecular weight is 504 g/mol. The number of likely N-dealkylation sites (tertiary alicyclic amines) is 1. The summed E-state index contributed by atoms with van der Waals surface area (Å²) >= 11 is 0. The number of rotatable bonds is 1. The second-order valence-electron chi connectivity index (χ2n) is 9.17. The normalized spacial score (nSPS) is 20.9. The average Bonchev–Trinajstić information content (AvgIpc) is 3.45. The molecule has 37 heavy (non-hydrogen) atoms. The van der Waals surface area contributed by atoms with Gasteiger partial charge in [-0.25, -0.2) is 0 Å². The minimum Gasteiger partial charge on any atom is -0.456 e. The van der Waals surface area contributed by atoms with Crippen molar-refractivity contribution in [2.45, 2.75) is 38.0 Å². The van der Waals surface area contributed by atoms with Gasteiger partial charge in [0, 0.05) is 38.4 Å². The lowest BCUT2D eigenvalue weighted by molar-refractivity contribution is -0.124. The maximum atomic E-state index is 12.9. The van der Waals surface area contributed by atoms with Crippen molar-refractivity contribution in [3.8, 4) is 11.5 Å². The van der Waals surface area contributed by atoms with Crippen molar-refractivity contribution in [3.63, 3.8) is 0 Å². The number of pyridine rings is 1. The Labute approximate surface area is 214 Å². The molecule has 10 nitrogen and oxygen atoms in total. The Kier molecular flexibility index (Phi) is 7.46. The van der Waals surface area contributed by atoms with E-state index in [2.05, 4.69) is 20.6 Å². The lowest BCUT2D eigenvalue weighted by Crippen LogP contribution is -2.57. The summed E-state index contributed by atoms with van der Waals surface area (Å²) in [6.07, 6.45) is 5.76. The van der Waals surface area contributed by atoms with Crippen LogP contribution in [0.3, 0.4) is 0 Å². The third-order valence-electron chi connectivity index (χ3n) is 6.45. The van der Waals surface area contributed by atoms with Crippen molar-refractivity contribution in [1.82, 2.24) is 25.5 Å². The van der Waals surface area contributed by atoms with E-state index in [1.807, 2.05) is 24.3 Å². The molecule has 2 aliphatic heterocycles. The molecule has 0 unspecified atom stereocenters. The van der Waals surface area contributed by atoms with Crippen LogP contribution in [0, 0.1) is 0 Å². The van der Waals surface area contributed by atoms with Crippen molar-refractivity contribution in [2.24, 2.45) is 0 Å². The van der Waals surface area contributed by atoms with E-state index in [9.17, 15) is 14.4 Å². The molecule has 3 aromatic rings. The molecule has 0 saturated carbocycles. The summed E-state index contributed by atoms with van der Waals surface area (Å²) in [6, 6.07) is 12.3. The van der Waals surface area contributed by atoms with Gasteiger partial charge < -0.3 is 30.0 Å². The maximum absolute atomic E-state index is 12.9. The smallest absolute Gasteiger partial charge is 0.270 e. The lowest BCUT2D eigenvalue weighted by atomic mass is 10.0. The number of hydrogen-bond acceptors (Lipinski definition) is 6. The van der Waals surface area contributed by atoms with Crippen LogP contribution < -0.4 is 15.4 Å². The number of amides is 3. The Balaban J connectivity index is 1.35. The highest BCUT2D eigenvalue weighted by molar-refractivity contribution is 5.94. The van der Waals surface area contributed by atoms with Gasteiger partial charge in [-0.05, 0) is 48.7 Å². The van der Waals surface area contributed by atoms with E-state index in [0.717, 1.165) is 5.56 Å². The molecule has 0 aliphatic carbocycles. The van der Waals surface area contributed by atoms with E-state index in [4.69, 9.17) is 9.47 Å². The van der Waals surface area contributed by atoms with Crippen LogP contribution in [0.4, 0.5) is 0 Å². The van der Waals surface area contributed by atoms with Gasteiger partial charge in [0.15, 0.2) is 0 Å². The summed E-state index contributed by atoms with van der Waals surface area (Å²) in [5, 5.41) is 5.88. The number of carbonyl (C=O) groups excluding carboxylic acids is 3. The van der Waals surface area contributed by atoms with Crippen LogP contribution in [0.25, 0.3) is 0 Å². The zero-order valence-electron chi connectivity index (χ0n) is 20.3. The second kappa shape index (κ2) is 11.3. The summed E-state index contributed by atoms with van der Waals surface area (Å²) in [4.78, 5) is 47.1. The Morgan fingerprint density at radius 1 is 1.08 bits per heavy atom. The molecule has 3 N–H and O–H groups in total. The zero-order valence-corrected chi connectivity index (χ0v) is 20.3. The summed E-state index contributed by atoms with van der Waals surface area (Å²) in [5.41, 5.74) is 1.79. The van der Waals surface area contributed by atoms with Crippen molar-refractivity contribution < 1.29 is 23.9 Å². The number of fused-ring (bicyclic) bond motifs is 5. The van der Waals surface area contributed by atoms with Crippen LogP contribution in [-0.2, 0) is 16.1 Å². The van der Waals surface area contributed by atoms with Crippen LogP contribution in [0.1, 0.15) is 45.7 Å². The second-order valence-corrected chi connectivity index (χ2v) is 9.17. The van der Waals surface area contributed by atoms with Gasteiger partial charge in [0.25, 0.3) is 11.8 Å². The van der Waals surface area contributed by atoms with Gasteiger partial charge in [0.05, 0.1) is 30.5 Å². The quantitative estimate of drug-likeness (QED) is 0.469. The number of hydrogen-bond donors (Lipinski definition) is 3. The van der Waals surface area contributed by atoms with Gasteiger partial charge >= 0.3 is 0 Å². The molecular formula is C27H29N5O5. The summed E-state index contributed by atoms with van der Waals surface area (Å²) in [7, 11) is 0. The van der Waals surface area contributed by atoms with E-state index in [1.54, 1.807) is 35.5 Å². The number of nitrogens with one attached hydrogen (secondary N) is 3. The van der Waals surface area contributed by atoms with Gasteiger partial charge in [-0.1, -0.05) is 12.1 Å². The topological polar surface area (TPSA) is 126 Å². The molecule has 1 saturated heterocycles. The van der Waals surface area contributed by atoms with Gasteiger partial charge in [-0.2, -0.15) is 0 Å². The Bertz CT molecular complexity index is 1260. The first-order valence-electron chi connectivity index (χ1n) is 12.4. The van der Waals surface area contributed by atoms with Crippen LogP contribution in [0.2, 0.25) is 0 Å². The minimum absolute atomic E-state index is 0.109. The van der Waals surface area contributed by atoms with E-state index in [-0.39, 0.29) is 36.3 Å². The number of piperidine rings is 1. The lowest BCUT2D eigenvalue weighted by Gasteiger charge is -2.38. The fraction of sp³-hybridized carbons (Fsp3) is 0.333. The number of ether oxygens (including phenoxy) is 2. The minimum atomic E-state index is -0.362. The highest BCUT2D eigenvalue weighted by atomic mass is 16.5. The number of benzene rings is 1. The Morgan fingerprint density at radius 2 is 2.00 bits per heavy atom. The van der Waals surface area contributed by atoms with E-state index >= 15 is 0 Å². The molecule has 3 amide bonds. The van der Waals surface area contributed by atoms with Gasteiger partial charge in [-0.3, -0.25) is 19.4 Å². The van der Waals surface area contributed by atoms with Crippen LogP contribution in [-0.4, -0.2) is 64.4 Å². The molecular weight excluding hydrogens is 474 g/mol. The fourth-order valence-corrected chi connectivity index (χ4v) is 4.56. The van der Waals surface area contributed by atoms with Crippen LogP contribution in [0.15, 0.2) is 61.1 Å². The van der Waals surface area contributed by atoms with Gasteiger partial charge in [0.2, 0.25) is 5.91 Å². The monoisotopic (exact) mass is 503 g/mol. The van der Waals surface area contributed by atoms with Crippen molar-refractivity contribution >= 4 is 17.7 Å². The molecule has 10 heteroatoms. The molecule has 2 atom stereocenters. The Morgan fingerprint density at radius 3 is 2.86 bits per heavy atom. The standard InChI is InChI=1S/C27H29N5O5/c33-25-7-3-10-30-26(34)19-13-21(15-28-14-19)37-20-5-1-4-18(12-20)17-36-24-8-11-32(16-23(24)31-25)27(35)22-6-2-9-29-22/h1-2,4-6,9,12-15,23-24,29H,3,7-8,10-11,16-17H2,(H,30,34)(H,31,33)/t23-,24-/m0/s1. The van der Waals surface area contributed by atoms with Crippen molar-refractivity contribution in [3.05, 3.63) is 77.9 Å². The number of carbonyl (C=O) groups is 3. The number of aromatic amines is 1. The third kappa shape index (κ3) is 6.15. The van der Waals surface area contributed by atoms with Gasteiger partial charge in [0.1, 0.15) is 17.2 Å². The first-order valence-corrected chi connectivity index (χ1v) is 12.4. The van der Waals surface area contributed by atoms with Gasteiger partial charge in [-0.15, -0.1) is 0 Å². The fourth-order valence-electron chi connectivity index (χ4n) is 4.56. The molecule has 4 bridgehead atoms. The highest BCUT2D eigenvalue weighted by Crippen LogP contribution is 2.24. The molecule has 2 aromatic heterocycles. The largest absolute Gasteiger partial charge is 0.456 e. The van der Waals surface area contributed by atoms with E-state index in [1.165, 1.54) is 6.20 Å². The number of H-pyrrole nitrogens is 1. The van der Waals surface area contributed by atoms with E-state index < -0.39 is 0 Å². The highest BCUT2D eigenvalue weighted by Gasteiger charge is 2.34. The summed E-state index contributed by atoms with van der Waals surface area (Å²) in [5.74, 6) is 0.500. The van der Waals surface area contributed by atoms with E-state index in [0.29, 0.717) is 61.8 Å². The molecule has 1 aromatic carbocycles. The van der Waals surface area contributed by atoms with Crippen molar-refractivity contribution in [2.75, 3.05) is 19.6 Å². The number of aromatic nitrogens is 2. The first-order chi connectivity index (χ1) is 18.0. The SMILES string of the molecule is O=C1CCCNC(=O)c2cncc(c2)Oc2cccc(c2)CO[C@H]2CCN(C(=O)c3ccc[nH]3)C[C@@H]2N1. The molecule has 192 valence electrons. The molecule has 5 rings (SSSR count).